The molecule has 0 spiro atoms. The zero-order valence-electron chi connectivity index (χ0n) is 31.5. The van der Waals surface area contributed by atoms with Gasteiger partial charge in [0.1, 0.15) is 5.58 Å². The molecule has 10 rings (SSSR count). The summed E-state index contributed by atoms with van der Waals surface area (Å²) in [6, 6.07) is 44.3. The van der Waals surface area contributed by atoms with E-state index < -0.39 is 30.2 Å². The second kappa shape index (κ2) is 11.4. The number of para-hydroxylation sites is 3. The van der Waals surface area contributed by atoms with Gasteiger partial charge in [0.25, 0.3) is 0 Å². The van der Waals surface area contributed by atoms with Gasteiger partial charge in [-0.3, -0.25) is 0 Å². The summed E-state index contributed by atoms with van der Waals surface area (Å²) >= 11 is 0. The van der Waals surface area contributed by atoms with Crippen molar-refractivity contribution in [3.05, 3.63) is 170 Å². The van der Waals surface area contributed by atoms with Crippen molar-refractivity contribution in [2.45, 2.75) is 0 Å². The molecule has 0 aliphatic heterocycles. The topological polar surface area (TPSA) is 56.7 Å². The Morgan fingerprint density at radius 3 is 1.86 bits per heavy atom. The minimum atomic E-state index is -0.487. The molecule has 10 aromatic rings. The van der Waals surface area contributed by atoms with Crippen molar-refractivity contribution in [2.75, 3.05) is 0 Å². The van der Waals surface area contributed by atoms with Gasteiger partial charge in [-0.2, -0.15) is 0 Å². The second-order valence-corrected chi connectivity index (χ2v) is 12.1. The van der Waals surface area contributed by atoms with Crippen molar-refractivity contribution in [3.8, 4) is 51.0 Å². The summed E-state index contributed by atoms with van der Waals surface area (Å²) in [6.07, 6.45) is 0. The zero-order valence-corrected chi connectivity index (χ0v) is 26.5. The minimum Gasteiger partial charge on any atom is -0.453 e. The third-order valence-corrected chi connectivity index (χ3v) is 9.16. The number of nitrogens with zero attached hydrogens (tertiary/aromatic N) is 4. The van der Waals surface area contributed by atoms with Crippen molar-refractivity contribution in [3.63, 3.8) is 0 Å². The molecule has 0 amide bonds. The van der Waals surface area contributed by atoms with Crippen molar-refractivity contribution in [1.82, 2.24) is 19.5 Å². The van der Waals surface area contributed by atoms with Gasteiger partial charge in [-0.25, -0.2) is 15.0 Å². The van der Waals surface area contributed by atoms with E-state index in [0.29, 0.717) is 28.1 Å². The van der Waals surface area contributed by atoms with E-state index in [9.17, 15) is 0 Å². The fraction of sp³-hybridized carbons (Fsp3) is 0. The monoisotopic (exact) mass is 645 g/mol. The summed E-state index contributed by atoms with van der Waals surface area (Å²) in [5.74, 6) is 0.501. The molecule has 0 unspecified atom stereocenters. The Kier molecular flexibility index (Phi) is 5.35. The molecule has 234 valence electrons. The van der Waals surface area contributed by atoms with Crippen LogP contribution < -0.4 is 0 Å². The Balaban J connectivity index is 1.23. The number of hydrogen-bond donors (Lipinski definition) is 0. The van der Waals surface area contributed by atoms with E-state index in [4.69, 9.17) is 21.2 Å². The Labute approximate surface area is 294 Å². The lowest BCUT2D eigenvalue weighted by molar-refractivity contribution is 0.667. The van der Waals surface area contributed by atoms with Crippen molar-refractivity contribution in [1.29, 1.82) is 0 Å². The molecule has 3 heterocycles. The van der Waals surface area contributed by atoms with Crippen LogP contribution in [-0.4, -0.2) is 19.5 Å². The van der Waals surface area contributed by atoms with Crippen LogP contribution in [0.15, 0.2) is 174 Å². The molecule has 0 saturated carbocycles. The van der Waals surface area contributed by atoms with Crippen LogP contribution >= 0.6 is 0 Å². The van der Waals surface area contributed by atoms with Crippen LogP contribution in [0, 0.1) is 0 Å². The Morgan fingerprint density at radius 1 is 0.440 bits per heavy atom. The number of rotatable bonds is 5. The van der Waals surface area contributed by atoms with E-state index in [0.717, 1.165) is 49.4 Å². The van der Waals surface area contributed by atoms with Crippen LogP contribution in [0.3, 0.4) is 0 Å². The number of benzene rings is 7. The van der Waals surface area contributed by atoms with E-state index >= 15 is 0 Å². The zero-order chi connectivity index (χ0) is 37.4. The molecular formula is C45H28N4O. The number of fused-ring (bicyclic) bond motifs is 6. The summed E-state index contributed by atoms with van der Waals surface area (Å²) in [6.45, 7) is 0. The SMILES string of the molecule is [2H]c1c([2H])c([2H])c(-c2nc(-c3ccccc3)nc(-c3cccc4c3oc3c(-n5c6ccccc6c6ccc(-c7ccccc7)cc65)cccc34)n2)c([2H])c1[2H]. The molecule has 0 atom stereocenters. The lowest BCUT2D eigenvalue weighted by atomic mass is 10.0. The van der Waals surface area contributed by atoms with Crippen LogP contribution in [0.4, 0.5) is 0 Å². The Hall–Kier alpha value is -6.85. The first kappa shape index (κ1) is 23.5. The molecule has 0 saturated heterocycles. The van der Waals surface area contributed by atoms with E-state index in [1.54, 1.807) is 0 Å². The van der Waals surface area contributed by atoms with E-state index in [1.807, 2.05) is 84.9 Å². The van der Waals surface area contributed by atoms with Crippen molar-refractivity contribution >= 4 is 43.7 Å². The number of aromatic nitrogens is 4. The number of hydrogen-bond acceptors (Lipinski definition) is 4. The largest absolute Gasteiger partial charge is 0.453 e. The first-order chi connectivity index (χ1) is 26.9. The van der Waals surface area contributed by atoms with Gasteiger partial charge in [-0.05, 0) is 35.4 Å². The van der Waals surface area contributed by atoms with Gasteiger partial charge in [-0.15, -0.1) is 0 Å². The second-order valence-electron chi connectivity index (χ2n) is 12.1. The van der Waals surface area contributed by atoms with Gasteiger partial charge in [0, 0.05) is 32.7 Å². The molecule has 0 aliphatic rings. The highest BCUT2D eigenvalue weighted by Gasteiger charge is 2.21. The maximum absolute atomic E-state index is 8.70. The van der Waals surface area contributed by atoms with Gasteiger partial charge in [-0.1, -0.05) is 145 Å². The molecule has 7 aromatic carbocycles. The lowest BCUT2D eigenvalue weighted by Gasteiger charge is -2.10. The van der Waals surface area contributed by atoms with Crippen molar-refractivity contribution < 1.29 is 11.3 Å². The van der Waals surface area contributed by atoms with Crippen molar-refractivity contribution in [2.24, 2.45) is 0 Å². The smallest absolute Gasteiger partial charge is 0.167 e. The fourth-order valence-electron chi connectivity index (χ4n) is 6.88. The molecule has 3 aromatic heterocycles. The van der Waals surface area contributed by atoms with Crippen LogP contribution in [0.2, 0.25) is 0 Å². The maximum Gasteiger partial charge on any atom is 0.167 e. The maximum atomic E-state index is 8.70. The van der Waals surface area contributed by atoms with Crippen LogP contribution in [0.25, 0.3) is 94.7 Å². The van der Waals surface area contributed by atoms with Gasteiger partial charge in [0.05, 0.1) is 29.1 Å². The highest BCUT2D eigenvalue weighted by atomic mass is 16.3. The van der Waals surface area contributed by atoms with Gasteiger partial charge >= 0.3 is 0 Å². The van der Waals surface area contributed by atoms with Gasteiger partial charge in [0.2, 0.25) is 0 Å². The predicted octanol–water partition coefficient (Wildman–Crippen LogP) is 11.5. The average Bonchev–Trinajstić information content (AvgIpc) is 3.78. The first-order valence-electron chi connectivity index (χ1n) is 18.8. The van der Waals surface area contributed by atoms with E-state index in [1.165, 1.54) is 0 Å². The fourth-order valence-corrected chi connectivity index (χ4v) is 6.88. The predicted molar refractivity (Wildman–Crippen MR) is 203 cm³/mol. The quantitative estimate of drug-likeness (QED) is 0.187. The molecule has 50 heavy (non-hydrogen) atoms. The highest BCUT2D eigenvalue weighted by Crippen LogP contribution is 2.41. The minimum absolute atomic E-state index is 0.0332. The average molecular weight is 646 g/mol. The Morgan fingerprint density at radius 2 is 1.06 bits per heavy atom. The molecule has 5 heteroatoms. The normalized spacial score (nSPS) is 13.0. The molecule has 0 radical (unpaired) electrons. The summed E-state index contributed by atoms with van der Waals surface area (Å²) < 4.78 is 51.4. The standard InChI is InChI=1S/C45H28N4O/c1-4-14-29(15-5-1)32-26-27-34-33-20-10-11-24-38(33)49(40(34)28-32)39-25-13-22-36-35-21-12-23-37(41(35)50-42(36)39)45-47-43(30-16-6-2-7-17-30)46-44(48-45)31-18-8-3-9-19-31/h1-28H/i2D,6D,7D,16D,17D. The highest BCUT2D eigenvalue weighted by molar-refractivity contribution is 6.14. The van der Waals surface area contributed by atoms with E-state index in [2.05, 4.69) is 64.1 Å². The summed E-state index contributed by atoms with van der Waals surface area (Å²) in [5, 5.41) is 4.02. The lowest BCUT2D eigenvalue weighted by Crippen LogP contribution is -2.00. The first-order valence-corrected chi connectivity index (χ1v) is 16.3. The van der Waals surface area contributed by atoms with E-state index in [-0.39, 0.29) is 17.2 Å². The summed E-state index contributed by atoms with van der Waals surface area (Å²) in [7, 11) is 0. The number of furan rings is 1. The molecular weight excluding hydrogens is 613 g/mol. The molecule has 0 N–H and O–H groups in total. The molecule has 5 nitrogen and oxygen atoms in total. The van der Waals surface area contributed by atoms with Crippen LogP contribution in [0.5, 0.6) is 0 Å². The van der Waals surface area contributed by atoms with Crippen LogP contribution in [0.1, 0.15) is 6.85 Å². The molecule has 0 bridgehead atoms. The Bertz CT molecular complexity index is 3130. The summed E-state index contributed by atoms with van der Waals surface area (Å²) in [5.41, 5.74) is 7.57. The van der Waals surface area contributed by atoms with Gasteiger partial charge < -0.3 is 8.98 Å². The van der Waals surface area contributed by atoms with Crippen LogP contribution in [-0.2, 0) is 0 Å². The molecule has 0 fully saturated rings. The van der Waals surface area contributed by atoms with Gasteiger partial charge in [0.15, 0.2) is 23.1 Å². The third-order valence-electron chi connectivity index (χ3n) is 9.16. The third kappa shape index (κ3) is 4.52. The summed E-state index contributed by atoms with van der Waals surface area (Å²) in [4.78, 5) is 14.4. The molecule has 0 aliphatic carbocycles.